The van der Waals surface area contributed by atoms with Crippen molar-refractivity contribution in [2.45, 2.75) is 18.4 Å². The number of aromatic nitrogens is 1. The Balaban J connectivity index is 2.01. The van der Waals surface area contributed by atoms with Crippen LogP contribution in [-0.2, 0) is 26.1 Å². The number of carbonyl (C=O) groups is 1. The van der Waals surface area contributed by atoms with E-state index in [9.17, 15) is 13.2 Å². The number of ether oxygens (including phenoxy) is 1. The molecule has 0 radical (unpaired) electrons. The lowest BCUT2D eigenvalue weighted by molar-refractivity contribution is -0.113. The quantitative estimate of drug-likeness (QED) is 0.458. The molecule has 0 fully saturated rings. The second-order valence-corrected chi connectivity index (χ2v) is 8.67. The van der Waals surface area contributed by atoms with Crippen LogP contribution in [0.1, 0.15) is 12.5 Å². The first-order chi connectivity index (χ1) is 13.9. The molecule has 152 valence electrons. The largest absolute Gasteiger partial charge is 0.380 e. The molecule has 9 heteroatoms. The Morgan fingerprint density at radius 2 is 2.00 bits per heavy atom. The van der Waals surface area contributed by atoms with Crippen LogP contribution in [0.25, 0.3) is 16.3 Å². The predicted molar refractivity (Wildman–Crippen MR) is 114 cm³/mol. The topological polar surface area (TPSA) is 104 Å². The third-order valence-electron chi connectivity index (χ3n) is 4.07. The second-order valence-electron chi connectivity index (χ2n) is 6.10. The van der Waals surface area contributed by atoms with Gasteiger partial charge in [-0.2, -0.15) is 4.99 Å². The van der Waals surface area contributed by atoms with Crippen LogP contribution in [0.3, 0.4) is 0 Å². The van der Waals surface area contributed by atoms with E-state index < -0.39 is 15.9 Å². The first-order valence-corrected chi connectivity index (χ1v) is 11.3. The summed E-state index contributed by atoms with van der Waals surface area (Å²) in [5.41, 5.74) is 1.66. The van der Waals surface area contributed by atoms with Gasteiger partial charge in [0.1, 0.15) is 0 Å². The molecule has 0 spiro atoms. The number of amides is 1. The van der Waals surface area contributed by atoms with E-state index in [1.54, 1.807) is 12.1 Å². The molecular formula is C20H21N3O4S2. The van der Waals surface area contributed by atoms with Crippen LogP contribution >= 0.6 is 11.3 Å². The van der Waals surface area contributed by atoms with Gasteiger partial charge in [0.15, 0.2) is 4.80 Å². The first-order valence-electron chi connectivity index (χ1n) is 8.94. The number of hydrogen-bond donors (Lipinski definition) is 1. The molecule has 0 aliphatic heterocycles. The summed E-state index contributed by atoms with van der Waals surface area (Å²) in [5.74, 6) is -0.405. The van der Waals surface area contributed by atoms with Gasteiger partial charge in [0.2, 0.25) is 10.0 Å². The van der Waals surface area contributed by atoms with Crippen molar-refractivity contribution in [1.29, 1.82) is 0 Å². The molecule has 3 rings (SSSR count). The molecule has 0 atom stereocenters. The Morgan fingerprint density at radius 1 is 1.24 bits per heavy atom. The fourth-order valence-electron chi connectivity index (χ4n) is 2.70. The lowest BCUT2D eigenvalue weighted by Gasteiger charge is -2.05. The van der Waals surface area contributed by atoms with Gasteiger partial charge in [0.05, 0.1) is 21.7 Å². The Kier molecular flexibility index (Phi) is 6.75. The zero-order chi connectivity index (χ0) is 20.9. The maximum absolute atomic E-state index is 12.4. The molecule has 1 heterocycles. The van der Waals surface area contributed by atoms with Gasteiger partial charge in [-0.15, -0.1) is 0 Å². The molecule has 1 amide bonds. The lowest BCUT2D eigenvalue weighted by atomic mass is 10.2. The third-order valence-corrected chi connectivity index (χ3v) is 6.02. The zero-order valence-corrected chi connectivity index (χ0v) is 17.4. The number of sulfonamides is 1. The maximum Gasteiger partial charge on any atom is 0.272 e. The Bertz CT molecular complexity index is 1210. The molecular weight excluding hydrogens is 410 g/mol. The molecule has 0 bridgehead atoms. The van der Waals surface area contributed by atoms with E-state index in [1.807, 2.05) is 41.8 Å². The van der Waals surface area contributed by atoms with E-state index in [0.717, 1.165) is 11.1 Å². The van der Waals surface area contributed by atoms with Crippen molar-refractivity contribution in [2.75, 3.05) is 13.2 Å². The Labute approximate surface area is 172 Å². The van der Waals surface area contributed by atoms with Crippen molar-refractivity contribution >= 4 is 43.6 Å². The van der Waals surface area contributed by atoms with Crippen LogP contribution in [-0.4, -0.2) is 32.1 Å². The summed E-state index contributed by atoms with van der Waals surface area (Å²) in [7, 11) is -3.82. The minimum absolute atomic E-state index is 0.0186. The normalized spacial score (nSPS) is 12.8. The average molecular weight is 432 g/mol. The van der Waals surface area contributed by atoms with Crippen molar-refractivity contribution in [3.63, 3.8) is 0 Å². The summed E-state index contributed by atoms with van der Waals surface area (Å²) in [5, 5.41) is 5.23. The highest BCUT2D eigenvalue weighted by Crippen LogP contribution is 2.21. The Hall–Kier alpha value is -2.59. The van der Waals surface area contributed by atoms with E-state index in [-0.39, 0.29) is 4.90 Å². The molecule has 0 saturated carbocycles. The maximum atomic E-state index is 12.4. The van der Waals surface area contributed by atoms with E-state index in [1.165, 1.54) is 29.5 Å². The van der Waals surface area contributed by atoms with Crippen molar-refractivity contribution in [3.05, 3.63) is 65.0 Å². The summed E-state index contributed by atoms with van der Waals surface area (Å²) in [6.45, 7) is 3.40. The van der Waals surface area contributed by atoms with Gasteiger partial charge in [-0.25, -0.2) is 13.6 Å². The highest BCUT2D eigenvalue weighted by Gasteiger charge is 2.13. The van der Waals surface area contributed by atoms with Gasteiger partial charge in [-0.3, -0.25) is 4.79 Å². The van der Waals surface area contributed by atoms with Crippen LogP contribution < -0.4 is 9.94 Å². The van der Waals surface area contributed by atoms with E-state index in [4.69, 9.17) is 9.88 Å². The monoisotopic (exact) mass is 431 g/mol. The Morgan fingerprint density at radius 3 is 2.69 bits per heavy atom. The SMILES string of the molecule is CCOCCn1c(=NC(=O)C=Cc2ccccc2)sc2cc(S(N)(=O)=O)ccc21. The minimum atomic E-state index is -3.82. The van der Waals surface area contributed by atoms with E-state index in [0.29, 0.717) is 29.3 Å². The third kappa shape index (κ3) is 5.48. The van der Waals surface area contributed by atoms with Crippen molar-refractivity contribution < 1.29 is 17.9 Å². The number of carbonyl (C=O) groups excluding carboxylic acids is 1. The molecule has 2 aromatic carbocycles. The average Bonchev–Trinajstić information content (AvgIpc) is 3.03. The van der Waals surface area contributed by atoms with Crippen molar-refractivity contribution in [1.82, 2.24) is 4.57 Å². The number of nitrogens with zero attached hydrogens (tertiary/aromatic N) is 2. The van der Waals surface area contributed by atoms with Crippen molar-refractivity contribution in [3.8, 4) is 0 Å². The molecule has 0 aliphatic rings. The van der Waals surface area contributed by atoms with Crippen LogP contribution in [0.2, 0.25) is 0 Å². The molecule has 7 nitrogen and oxygen atoms in total. The fraction of sp³-hybridized carbons (Fsp3) is 0.200. The summed E-state index contributed by atoms with van der Waals surface area (Å²) < 4.78 is 31.2. The van der Waals surface area contributed by atoms with Crippen LogP contribution in [0.5, 0.6) is 0 Å². The van der Waals surface area contributed by atoms with Gasteiger partial charge in [-0.05, 0) is 36.8 Å². The predicted octanol–water partition coefficient (Wildman–Crippen LogP) is 2.53. The van der Waals surface area contributed by atoms with Crippen LogP contribution in [0.4, 0.5) is 0 Å². The molecule has 3 aromatic rings. The molecule has 29 heavy (non-hydrogen) atoms. The van der Waals surface area contributed by atoms with E-state index in [2.05, 4.69) is 4.99 Å². The molecule has 0 unspecified atom stereocenters. The number of benzene rings is 2. The van der Waals surface area contributed by atoms with E-state index >= 15 is 0 Å². The fourth-order valence-corrected chi connectivity index (χ4v) is 4.41. The molecule has 2 N–H and O–H groups in total. The van der Waals surface area contributed by atoms with Gasteiger partial charge < -0.3 is 9.30 Å². The number of hydrogen-bond acceptors (Lipinski definition) is 5. The molecule has 1 aromatic heterocycles. The second kappa shape index (κ2) is 9.27. The molecule has 0 saturated heterocycles. The first kappa shape index (κ1) is 21.1. The number of primary sulfonamides is 1. The lowest BCUT2D eigenvalue weighted by Crippen LogP contribution is -2.19. The van der Waals surface area contributed by atoms with Gasteiger partial charge in [0, 0.05) is 19.2 Å². The smallest absolute Gasteiger partial charge is 0.272 e. The number of nitrogens with two attached hydrogens (primary N) is 1. The van der Waals surface area contributed by atoms with Crippen LogP contribution in [0, 0.1) is 0 Å². The van der Waals surface area contributed by atoms with Crippen molar-refractivity contribution in [2.24, 2.45) is 10.1 Å². The minimum Gasteiger partial charge on any atom is -0.380 e. The number of rotatable bonds is 7. The summed E-state index contributed by atoms with van der Waals surface area (Å²) in [6.07, 6.45) is 3.10. The standard InChI is InChI=1S/C20H21N3O4S2/c1-2-27-13-12-23-17-10-9-16(29(21,25)26)14-18(17)28-20(23)22-19(24)11-8-15-6-4-3-5-7-15/h3-11,14H,2,12-13H2,1H3,(H2,21,25,26). The van der Waals surface area contributed by atoms with Gasteiger partial charge in [-0.1, -0.05) is 41.7 Å². The summed E-state index contributed by atoms with van der Waals surface area (Å²) in [4.78, 5) is 17.1. The summed E-state index contributed by atoms with van der Waals surface area (Å²) >= 11 is 1.23. The highest BCUT2D eigenvalue weighted by atomic mass is 32.2. The van der Waals surface area contributed by atoms with Gasteiger partial charge >= 0.3 is 0 Å². The number of thiazole rings is 1. The summed E-state index contributed by atoms with van der Waals surface area (Å²) in [6, 6.07) is 14.1. The van der Waals surface area contributed by atoms with Gasteiger partial charge in [0.25, 0.3) is 5.91 Å². The zero-order valence-electron chi connectivity index (χ0n) is 15.8. The number of fused-ring (bicyclic) bond motifs is 1. The highest BCUT2D eigenvalue weighted by molar-refractivity contribution is 7.89. The van der Waals surface area contributed by atoms with Crippen LogP contribution in [0.15, 0.2) is 64.5 Å². The molecule has 0 aliphatic carbocycles.